The highest BCUT2D eigenvalue weighted by molar-refractivity contribution is 6.17. The molecule has 0 atom stereocenters. The smallest absolute Gasteiger partial charge is 0.248 e. The van der Waals surface area contributed by atoms with Gasteiger partial charge < -0.3 is 20.4 Å². The minimum Gasteiger partial charge on any atom is -0.492 e. The zero-order valence-electron chi connectivity index (χ0n) is 19.0. The summed E-state index contributed by atoms with van der Waals surface area (Å²) in [5, 5.41) is 10.1. The molecule has 0 radical (unpaired) electrons. The number of nitrogens with two attached hydrogens (primary N) is 1. The number of para-hydroxylation sites is 2. The topological polar surface area (TPSA) is 92.4 Å². The molecule has 5 aromatic rings. The molecule has 0 bridgehead atoms. The van der Waals surface area contributed by atoms with E-state index in [1.54, 1.807) is 6.07 Å². The quantitative estimate of drug-likeness (QED) is 0.423. The van der Waals surface area contributed by atoms with Gasteiger partial charge in [-0.2, -0.15) is 9.89 Å². The SMILES string of the molecule is CCOc1ccccc1N1CCN(n2ncc3ccc4c5cc(C(N)=O)ccc5[nH]c4c32)CC1. The number of amides is 1. The monoisotopic (exact) mass is 454 g/mol. The Morgan fingerprint density at radius 2 is 1.88 bits per heavy atom. The molecule has 0 saturated carbocycles. The lowest BCUT2D eigenvalue weighted by atomic mass is 10.1. The number of hydrogen-bond acceptors (Lipinski definition) is 5. The largest absolute Gasteiger partial charge is 0.492 e. The molecule has 1 aliphatic heterocycles. The first kappa shape index (κ1) is 20.4. The molecule has 8 heteroatoms. The molecular formula is C26H26N6O2. The van der Waals surface area contributed by atoms with Crippen molar-refractivity contribution in [2.45, 2.75) is 6.92 Å². The Labute approximate surface area is 196 Å². The van der Waals surface area contributed by atoms with Gasteiger partial charge in [0.2, 0.25) is 5.91 Å². The van der Waals surface area contributed by atoms with Crippen LogP contribution in [-0.4, -0.2) is 53.6 Å². The second-order valence-electron chi connectivity index (χ2n) is 8.55. The lowest BCUT2D eigenvalue weighted by Crippen LogP contribution is -2.51. The van der Waals surface area contributed by atoms with Crippen LogP contribution in [0.4, 0.5) is 5.69 Å². The number of nitrogens with zero attached hydrogens (tertiary/aromatic N) is 4. The lowest BCUT2D eigenvalue weighted by Gasteiger charge is -2.37. The zero-order valence-corrected chi connectivity index (χ0v) is 19.0. The molecule has 8 nitrogen and oxygen atoms in total. The number of hydrogen-bond donors (Lipinski definition) is 2. The maximum Gasteiger partial charge on any atom is 0.248 e. The van der Waals surface area contributed by atoms with Gasteiger partial charge in [0.1, 0.15) is 11.3 Å². The maximum absolute atomic E-state index is 11.7. The van der Waals surface area contributed by atoms with Crippen LogP contribution in [0.25, 0.3) is 32.7 Å². The van der Waals surface area contributed by atoms with Gasteiger partial charge in [0.25, 0.3) is 0 Å². The first-order valence-electron chi connectivity index (χ1n) is 11.6. The summed E-state index contributed by atoms with van der Waals surface area (Å²) in [5.74, 6) is 0.504. The molecule has 1 saturated heterocycles. The molecule has 172 valence electrons. The minimum absolute atomic E-state index is 0.425. The van der Waals surface area contributed by atoms with Crippen molar-refractivity contribution in [1.29, 1.82) is 0 Å². The van der Waals surface area contributed by atoms with Crippen LogP contribution in [0, 0.1) is 0 Å². The summed E-state index contributed by atoms with van der Waals surface area (Å²) < 4.78 is 5.84. The fraction of sp³-hybridized carbons (Fsp3) is 0.231. The van der Waals surface area contributed by atoms with Crippen molar-refractivity contribution in [3.8, 4) is 5.75 Å². The van der Waals surface area contributed by atoms with Crippen molar-refractivity contribution in [3.05, 3.63) is 66.4 Å². The number of nitrogens with one attached hydrogen (secondary N) is 1. The molecule has 1 fully saturated rings. The predicted molar refractivity (Wildman–Crippen MR) is 135 cm³/mol. The van der Waals surface area contributed by atoms with Crippen LogP contribution in [0.2, 0.25) is 0 Å². The molecule has 1 aliphatic rings. The molecule has 2 aromatic heterocycles. The van der Waals surface area contributed by atoms with Crippen molar-refractivity contribution in [2.24, 2.45) is 5.73 Å². The third kappa shape index (κ3) is 3.22. The molecule has 34 heavy (non-hydrogen) atoms. The van der Waals surface area contributed by atoms with Gasteiger partial charge in [-0.3, -0.25) is 9.80 Å². The van der Waals surface area contributed by atoms with E-state index < -0.39 is 5.91 Å². The van der Waals surface area contributed by atoms with E-state index in [2.05, 4.69) is 39.2 Å². The molecule has 3 heterocycles. The molecule has 0 spiro atoms. The summed E-state index contributed by atoms with van der Waals surface area (Å²) in [4.78, 5) is 19.6. The van der Waals surface area contributed by atoms with Gasteiger partial charge in [0, 0.05) is 40.3 Å². The number of carbonyl (C=O) groups excluding carboxylic acids is 1. The molecule has 1 amide bonds. The number of aromatic nitrogens is 3. The summed E-state index contributed by atoms with van der Waals surface area (Å²) in [6.07, 6.45) is 1.91. The maximum atomic E-state index is 11.7. The van der Waals surface area contributed by atoms with E-state index in [-0.39, 0.29) is 0 Å². The van der Waals surface area contributed by atoms with Gasteiger partial charge in [-0.15, -0.1) is 0 Å². The zero-order chi connectivity index (χ0) is 23.2. The Hall–Kier alpha value is -4.20. The fourth-order valence-electron chi connectivity index (χ4n) is 4.95. The average Bonchev–Trinajstić information content (AvgIpc) is 3.46. The Kier molecular flexibility index (Phi) is 4.79. The van der Waals surface area contributed by atoms with Crippen LogP contribution in [0.1, 0.15) is 17.3 Å². The third-order valence-corrected chi connectivity index (χ3v) is 6.60. The van der Waals surface area contributed by atoms with Crippen molar-refractivity contribution in [3.63, 3.8) is 0 Å². The molecule has 3 aromatic carbocycles. The summed E-state index contributed by atoms with van der Waals surface area (Å²) in [6, 6.07) is 17.9. The van der Waals surface area contributed by atoms with Gasteiger partial charge >= 0.3 is 0 Å². The van der Waals surface area contributed by atoms with Gasteiger partial charge in [0.15, 0.2) is 0 Å². The van der Waals surface area contributed by atoms with E-state index in [4.69, 9.17) is 15.6 Å². The molecular weight excluding hydrogens is 428 g/mol. The van der Waals surface area contributed by atoms with E-state index in [0.29, 0.717) is 12.2 Å². The van der Waals surface area contributed by atoms with E-state index in [1.807, 2.05) is 42.2 Å². The first-order valence-corrected chi connectivity index (χ1v) is 11.6. The normalized spacial score (nSPS) is 14.4. The summed E-state index contributed by atoms with van der Waals surface area (Å²) in [6.45, 7) is 6.07. The van der Waals surface area contributed by atoms with Gasteiger partial charge in [-0.05, 0) is 37.3 Å². The van der Waals surface area contributed by atoms with Crippen LogP contribution in [0.5, 0.6) is 5.75 Å². The number of rotatable bonds is 5. The summed E-state index contributed by atoms with van der Waals surface area (Å²) >= 11 is 0. The number of H-pyrrole nitrogens is 1. The predicted octanol–water partition coefficient (Wildman–Crippen LogP) is 3.63. The van der Waals surface area contributed by atoms with Crippen LogP contribution in [0.15, 0.2) is 60.8 Å². The Morgan fingerprint density at radius 1 is 1.06 bits per heavy atom. The number of carbonyl (C=O) groups is 1. The van der Waals surface area contributed by atoms with Crippen molar-refractivity contribution < 1.29 is 9.53 Å². The standard InChI is InChI=1S/C26H26N6O2/c1-2-34-23-6-4-3-5-22(23)30-11-13-31(14-12-30)32-25-18(16-28-32)7-9-19-20-15-17(26(27)33)8-10-21(20)29-24(19)25/h3-10,15-16,29H,2,11-14H2,1H3,(H2,27,33). The summed E-state index contributed by atoms with van der Waals surface area (Å²) in [7, 11) is 0. The van der Waals surface area contributed by atoms with E-state index in [9.17, 15) is 4.79 Å². The highest BCUT2D eigenvalue weighted by Crippen LogP contribution is 2.33. The fourth-order valence-corrected chi connectivity index (χ4v) is 4.95. The highest BCUT2D eigenvalue weighted by Gasteiger charge is 2.23. The van der Waals surface area contributed by atoms with Crippen molar-refractivity contribution in [1.82, 2.24) is 14.9 Å². The number of anilines is 1. The van der Waals surface area contributed by atoms with E-state index in [1.165, 1.54) is 0 Å². The lowest BCUT2D eigenvalue weighted by molar-refractivity contribution is 0.100. The van der Waals surface area contributed by atoms with Gasteiger partial charge in [0.05, 0.1) is 37.1 Å². The second kappa shape index (κ2) is 7.98. The number of piperazine rings is 1. The molecule has 0 aliphatic carbocycles. The van der Waals surface area contributed by atoms with Crippen LogP contribution >= 0.6 is 0 Å². The Bertz CT molecular complexity index is 1530. The van der Waals surface area contributed by atoms with E-state index in [0.717, 1.165) is 70.3 Å². The van der Waals surface area contributed by atoms with Crippen LogP contribution < -0.4 is 20.4 Å². The first-order chi connectivity index (χ1) is 16.6. The second-order valence-corrected chi connectivity index (χ2v) is 8.55. The van der Waals surface area contributed by atoms with Crippen LogP contribution in [-0.2, 0) is 0 Å². The third-order valence-electron chi connectivity index (χ3n) is 6.60. The summed E-state index contributed by atoms with van der Waals surface area (Å²) in [5.41, 5.74) is 10.2. The number of aromatic amines is 1. The van der Waals surface area contributed by atoms with Crippen molar-refractivity contribution in [2.75, 3.05) is 42.7 Å². The Balaban J connectivity index is 1.35. The molecule has 3 N–H and O–H groups in total. The highest BCUT2D eigenvalue weighted by atomic mass is 16.5. The number of fused-ring (bicyclic) bond motifs is 5. The number of ether oxygens (including phenoxy) is 1. The minimum atomic E-state index is -0.425. The molecule has 0 unspecified atom stereocenters. The van der Waals surface area contributed by atoms with Gasteiger partial charge in [-0.25, -0.2) is 0 Å². The molecule has 6 rings (SSSR count). The Morgan fingerprint density at radius 3 is 2.68 bits per heavy atom. The average molecular weight is 455 g/mol. The van der Waals surface area contributed by atoms with Gasteiger partial charge in [-0.1, -0.05) is 24.3 Å². The van der Waals surface area contributed by atoms with Crippen molar-refractivity contribution >= 4 is 44.3 Å². The number of primary amides is 1. The van der Waals surface area contributed by atoms with Crippen LogP contribution in [0.3, 0.4) is 0 Å². The number of benzene rings is 3. The van der Waals surface area contributed by atoms with E-state index >= 15 is 0 Å².